The van der Waals surface area contributed by atoms with E-state index in [1.165, 1.54) is 0 Å². The zero-order chi connectivity index (χ0) is 18.9. The molecule has 6 nitrogen and oxygen atoms in total. The highest BCUT2D eigenvalue weighted by Gasteiger charge is 2.32. The van der Waals surface area contributed by atoms with Crippen LogP contribution in [0.25, 0.3) is 11.3 Å². The third-order valence-corrected chi connectivity index (χ3v) is 6.21. The second-order valence-corrected chi connectivity index (χ2v) is 8.58. The van der Waals surface area contributed by atoms with Gasteiger partial charge in [0.2, 0.25) is 0 Å². The van der Waals surface area contributed by atoms with Crippen molar-refractivity contribution < 1.29 is 12.6 Å². The van der Waals surface area contributed by atoms with Gasteiger partial charge in [0, 0.05) is 18.0 Å². The first-order valence-corrected chi connectivity index (χ1v) is 10.3. The molecule has 2 heterocycles. The fourth-order valence-electron chi connectivity index (χ4n) is 3.21. The van der Waals surface area contributed by atoms with Crippen molar-refractivity contribution in [3.8, 4) is 11.3 Å². The molecule has 1 fully saturated rings. The molecule has 2 aromatic heterocycles. The van der Waals surface area contributed by atoms with Gasteiger partial charge in [-0.25, -0.2) is 0 Å². The molecule has 27 heavy (non-hydrogen) atoms. The number of hydrogen-bond acceptors (Lipinski definition) is 5. The summed E-state index contributed by atoms with van der Waals surface area (Å²) in [5, 5.41) is 4.43. The molecule has 3 aromatic rings. The molecule has 0 amide bonds. The van der Waals surface area contributed by atoms with Crippen LogP contribution < -0.4 is 0 Å². The molecule has 0 aliphatic heterocycles. The Bertz CT molecular complexity index is 1010. The first-order valence-electron chi connectivity index (χ1n) is 8.93. The van der Waals surface area contributed by atoms with E-state index in [1.807, 2.05) is 42.2 Å². The topological polar surface area (TPSA) is 74.1 Å². The molecule has 1 saturated carbocycles. The van der Waals surface area contributed by atoms with Crippen molar-refractivity contribution >= 4 is 10.1 Å². The van der Waals surface area contributed by atoms with Gasteiger partial charge in [-0.2, -0.15) is 13.5 Å². The second-order valence-electron chi connectivity index (χ2n) is 6.97. The largest absolute Gasteiger partial charge is 0.296 e. The Morgan fingerprint density at radius 3 is 2.63 bits per heavy atom. The van der Waals surface area contributed by atoms with Crippen LogP contribution in [0.4, 0.5) is 0 Å². The number of hydrogen-bond donors (Lipinski definition) is 0. The Labute approximate surface area is 159 Å². The third-order valence-electron chi connectivity index (χ3n) is 4.92. The Morgan fingerprint density at radius 2 is 1.93 bits per heavy atom. The zero-order valence-corrected chi connectivity index (χ0v) is 15.8. The van der Waals surface area contributed by atoms with E-state index >= 15 is 0 Å². The molecule has 0 bridgehead atoms. The Balaban J connectivity index is 1.31. The summed E-state index contributed by atoms with van der Waals surface area (Å²) in [7, 11) is -3.69. The van der Waals surface area contributed by atoms with Crippen molar-refractivity contribution in [3.05, 3.63) is 66.6 Å². The van der Waals surface area contributed by atoms with E-state index in [0.717, 1.165) is 29.7 Å². The Kier molecular flexibility index (Phi) is 4.80. The first-order chi connectivity index (χ1) is 13.0. The molecule has 7 heteroatoms. The van der Waals surface area contributed by atoms with Crippen molar-refractivity contribution in [1.82, 2.24) is 14.8 Å². The summed E-state index contributed by atoms with van der Waals surface area (Å²) < 4.78 is 31.7. The standard InChI is InChI=1S/C20H21N3O3S/c1-15-5-7-19(8-6-15)27(24,25)26-14-16-10-18(11-16)23-13-17(12-22-23)20-4-2-3-9-21-20/h2-9,12-13,16,18H,10-11,14H2,1H3. The van der Waals surface area contributed by atoms with Crippen molar-refractivity contribution in [2.24, 2.45) is 5.92 Å². The number of aromatic nitrogens is 3. The van der Waals surface area contributed by atoms with Crippen molar-refractivity contribution in [3.63, 3.8) is 0 Å². The van der Waals surface area contributed by atoms with Crippen LogP contribution >= 0.6 is 0 Å². The lowest BCUT2D eigenvalue weighted by Crippen LogP contribution is -2.31. The summed E-state index contributed by atoms with van der Waals surface area (Å²) in [5.41, 5.74) is 2.89. The predicted molar refractivity (Wildman–Crippen MR) is 102 cm³/mol. The zero-order valence-electron chi connectivity index (χ0n) is 15.0. The van der Waals surface area contributed by atoms with Gasteiger partial charge >= 0.3 is 0 Å². The molecule has 4 rings (SSSR count). The van der Waals surface area contributed by atoms with Crippen molar-refractivity contribution in [1.29, 1.82) is 0 Å². The minimum absolute atomic E-state index is 0.205. The van der Waals surface area contributed by atoms with Crippen LogP contribution in [0.5, 0.6) is 0 Å². The number of nitrogens with zero attached hydrogens (tertiary/aromatic N) is 3. The summed E-state index contributed by atoms with van der Waals surface area (Å²) in [5.74, 6) is 0.220. The Hall–Kier alpha value is -2.51. The molecular formula is C20H21N3O3S. The van der Waals surface area contributed by atoms with Gasteiger partial charge in [-0.05, 0) is 49.9 Å². The van der Waals surface area contributed by atoms with E-state index in [1.54, 1.807) is 30.5 Å². The fourth-order valence-corrected chi connectivity index (χ4v) is 4.19. The van der Waals surface area contributed by atoms with E-state index < -0.39 is 10.1 Å². The highest BCUT2D eigenvalue weighted by Crippen LogP contribution is 2.38. The Morgan fingerprint density at radius 1 is 1.15 bits per heavy atom. The minimum Gasteiger partial charge on any atom is -0.269 e. The van der Waals surface area contributed by atoms with Crippen LogP contribution in [0.15, 0.2) is 66.0 Å². The van der Waals surface area contributed by atoms with Gasteiger partial charge in [0.15, 0.2) is 0 Å². The summed E-state index contributed by atoms with van der Waals surface area (Å²) in [6, 6.07) is 12.8. The molecule has 0 spiro atoms. The van der Waals surface area contributed by atoms with Gasteiger partial charge in [-0.1, -0.05) is 23.8 Å². The predicted octanol–water partition coefficient (Wildman–Crippen LogP) is 3.61. The number of pyridine rings is 1. The lowest BCUT2D eigenvalue weighted by Gasteiger charge is -2.34. The maximum absolute atomic E-state index is 12.3. The van der Waals surface area contributed by atoms with E-state index in [2.05, 4.69) is 10.1 Å². The van der Waals surface area contributed by atoms with E-state index in [9.17, 15) is 8.42 Å². The van der Waals surface area contributed by atoms with Gasteiger partial charge in [0.25, 0.3) is 10.1 Å². The van der Waals surface area contributed by atoms with Gasteiger partial charge < -0.3 is 0 Å². The smallest absolute Gasteiger partial charge is 0.269 e. The van der Waals surface area contributed by atoms with Gasteiger partial charge in [0.05, 0.1) is 29.4 Å². The number of aryl methyl sites for hydroxylation is 1. The van der Waals surface area contributed by atoms with E-state index in [-0.39, 0.29) is 23.5 Å². The monoisotopic (exact) mass is 383 g/mol. The average Bonchev–Trinajstić information content (AvgIpc) is 3.11. The van der Waals surface area contributed by atoms with Crippen molar-refractivity contribution in [2.45, 2.75) is 30.7 Å². The summed E-state index contributed by atoms with van der Waals surface area (Å²) in [6.07, 6.45) is 7.28. The first kappa shape index (κ1) is 17.9. The number of benzene rings is 1. The van der Waals surface area contributed by atoms with Gasteiger partial charge in [-0.3, -0.25) is 13.8 Å². The normalized spacial score (nSPS) is 19.6. The molecule has 1 aromatic carbocycles. The van der Waals surface area contributed by atoms with E-state index in [0.29, 0.717) is 0 Å². The van der Waals surface area contributed by atoms with Crippen LogP contribution in [0, 0.1) is 12.8 Å². The SMILES string of the molecule is Cc1ccc(S(=O)(=O)OCC2CC(n3cc(-c4ccccn4)cn3)C2)cc1. The molecule has 0 saturated heterocycles. The highest BCUT2D eigenvalue weighted by atomic mass is 32.2. The maximum atomic E-state index is 12.3. The molecule has 0 unspecified atom stereocenters. The summed E-state index contributed by atoms with van der Waals surface area (Å²) >= 11 is 0. The molecule has 0 radical (unpaired) electrons. The van der Waals surface area contributed by atoms with Gasteiger partial charge in [-0.15, -0.1) is 0 Å². The van der Waals surface area contributed by atoms with Gasteiger partial charge in [0.1, 0.15) is 0 Å². The van der Waals surface area contributed by atoms with Crippen LogP contribution in [-0.4, -0.2) is 29.8 Å². The third kappa shape index (κ3) is 3.94. The highest BCUT2D eigenvalue weighted by molar-refractivity contribution is 7.86. The maximum Gasteiger partial charge on any atom is 0.296 e. The minimum atomic E-state index is -3.69. The summed E-state index contributed by atoms with van der Waals surface area (Å²) in [4.78, 5) is 4.54. The van der Waals surface area contributed by atoms with E-state index in [4.69, 9.17) is 4.18 Å². The quantitative estimate of drug-likeness (QED) is 0.608. The van der Waals surface area contributed by atoms with Crippen LogP contribution in [0.2, 0.25) is 0 Å². The fraction of sp³-hybridized carbons (Fsp3) is 0.300. The molecule has 1 aliphatic carbocycles. The molecule has 0 N–H and O–H groups in total. The summed E-state index contributed by atoms with van der Waals surface area (Å²) in [6.45, 7) is 2.13. The lowest BCUT2D eigenvalue weighted by atomic mass is 9.81. The molecule has 1 aliphatic rings. The molecular weight excluding hydrogens is 362 g/mol. The van der Waals surface area contributed by atoms with Crippen molar-refractivity contribution in [2.75, 3.05) is 6.61 Å². The number of rotatable bonds is 6. The average molecular weight is 383 g/mol. The molecule has 0 atom stereocenters. The van der Waals surface area contributed by atoms with Crippen LogP contribution in [0.3, 0.4) is 0 Å². The van der Waals surface area contributed by atoms with Crippen LogP contribution in [-0.2, 0) is 14.3 Å². The molecule has 140 valence electrons. The van der Waals surface area contributed by atoms with Crippen LogP contribution in [0.1, 0.15) is 24.4 Å². The second kappa shape index (κ2) is 7.25. The lowest BCUT2D eigenvalue weighted by molar-refractivity contribution is 0.121.